The van der Waals surface area contributed by atoms with Crippen LogP contribution in [0.15, 0.2) is 12.7 Å². The fourth-order valence-corrected chi connectivity index (χ4v) is 0.380. The third-order valence-electron chi connectivity index (χ3n) is 1.10. The van der Waals surface area contributed by atoms with E-state index in [1.54, 1.807) is 6.92 Å². The quantitative estimate of drug-likeness (QED) is 0.455. The van der Waals surface area contributed by atoms with Crippen molar-refractivity contribution in [2.24, 2.45) is 11.7 Å². The highest BCUT2D eigenvalue weighted by molar-refractivity contribution is 5.72. The molecule has 2 N–H and O–H groups in total. The molecule has 3 heteroatoms. The molecule has 1 atom stereocenters. The number of hydrogen-bond donors (Lipinski definition) is 1. The monoisotopic (exact) mass is 143 g/mol. The van der Waals surface area contributed by atoms with Crippen LogP contribution >= 0.6 is 0 Å². The molecule has 0 aliphatic carbocycles. The Balaban J connectivity index is 3.51. The van der Waals surface area contributed by atoms with Gasteiger partial charge in [0.2, 0.25) is 0 Å². The van der Waals surface area contributed by atoms with Crippen LogP contribution in [0.4, 0.5) is 0 Å². The van der Waals surface area contributed by atoms with Crippen molar-refractivity contribution in [2.75, 3.05) is 13.2 Å². The molecule has 0 rings (SSSR count). The third-order valence-corrected chi connectivity index (χ3v) is 1.10. The van der Waals surface area contributed by atoms with E-state index in [1.165, 1.54) is 6.08 Å². The second kappa shape index (κ2) is 4.99. The van der Waals surface area contributed by atoms with Gasteiger partial charge >= 0.3 is 5.97 Å². The van der Waals surface area contributed by atoms with Gasteiger partial charge in [0.1, 0.15) is 6.61 Å². The number of esters is 1. The molecule has 0 aromatic heterocycles. The van der Waals surface area contributed by atoms with Crippen molar-refractivity contribution >= 4 is 5.97 Å². The lowest BCUT2D eigenvalue weighted by molar-refractivity contribution is -0.146. The molecule has 0 amide bonds. The van der Waals surface area contributed by atoms with Crippen LogP contribution in [0.25, 0.3) is 0 Å². The second-order valence-corrected chi connectivity index (χ2v) is 2.06. The van der Waals surface area contributed by atoms with Crippen molar-refractivity contribution in [3.05, 3.63) is 12.7 Å². The summed E-state index contributed by atoms with van der Waals surface area (Å²) in [5, 5.41) is 0. The smallest absolute Gasteiger partial charge is 0.310 e. The summed E-state index contributed by atoms with van der Waals surface area (Å²) in [6.45, 7) is 5.73. The average molecular weight is 143 g/mol. The van der Waals surface area contributed by atoms with Crippen molar-refractivity contribution in [1.82, 2.24) is 0 Å². The van der Waals surface area contributed by atoms with E-state index in [9.17, 15) is 4.79 Å². The van der Waals surface area contributed by atoms with Gasteiger partial charge in [0.05, 0.1) is 5.92 Å². The first kappa shape index (κ1) is 9.17. The molecule has 0 fully saturated rings. The molecule has 3 nitrogen and oxygen atoms in total. The van der Waals surface area contributed by atoms with Gasteiger partial charge in [-0.15, -0.1) is 0 Å². The van der Waals surface area contributed by atoms with Crippen LogP contribution in [0, 0.1) is 5.92 Å². The zero-order valence-electron chi connectivity index (χ0n) is 6.17. The minimum Gasteiger partial charge on any atom is -0.461 e. The van der Waals surface area contributed by atoms with Crippen LogP contribution in [-0.2, 0) is 9.53 Å². The predicted molar refractivity (Wildman–Crippen MR) is 39.4 cm³/mol. The van der Waals surface area contributed by atoms with Gasteiger partial charge in [-0.1, -0.05) is 19.6 Å². The standard InChI is InChI=1S/C7H13NO2/c1-3-4-10-7(9)6(2)5-8/h3,6H,1,4-5,8H2,2H3/t6-/m0/s1. The van der Waals surface area contributed by atoms with Crippen molar-refractivity contribution in [2.45, 2.75) is 6.92 Å². The number of nitrogens with two attached hydrogens (primary N) is 1. The van der Waals surface area contributed by atoms with Crippen LogP contribution in [0.2, 0.25) is 0 Å². The highest BCUT2D eigenvalue weighted by Gasteiger charge is 2.10. The molecule has 0 saturated heterocycles. The van der Waals surface area contributed by atoms with Gasteiger partial charge in [-0.05, 0) is 0 Å². The molecule has 0 saturated carbocycles. The van der Waals surface area contributed by atoms with Crippen molar-refractivity contribution in [1.29, 1.82) is 0 Å². The fraction of sp³-hybridized carbons (Fsp3) is 0.571. The third kappa shape index (κ3) is 3.25. The Kier molecular flexibility index (Phi) is 4.58. The summed E-state index contributed by atoms with van der Waals surface area (Å²) in [6.07, 6.45) is 1.53. The molecule has 0 radical (unpaired) electrons. The number of hydrogen-bond acceptors (Lipinski definition) is 3. The zero-order chi connectivity index (χ0) is 7.98. The first-order valence-corrected chi connectivity index (χ1v) is 3.20. The highest BCUT2D eigenvalue weighted by atomic mass is 16.5. The van der Waals surface area contributed by atoms with Gasteiger partial charge in [-0.25, -0.2) is 0 Å². The lowest BCUT2D eigenvalue weighted by atomic mass is 10.2. The Morgan fingerprint density at radius 1 is 1.90 bits per heavy atom. The first-order valence-electron chi connectivity index (χ1n) is 3.20. The van der Waals surface area contributed by atoms with Gasteiger partial charge < -0.3 is 10.5 Å². The molecule has 0 heterocycles. The van der Waals surface area contributed by atoms with Gasteiger partial charge in [0.25, 0.3) is 0 Å². The summed E-state index contributed by atoms with van der Waals surface area (Å²) < 4.78 is 4.71. The molecule has 0 unspecified atom stereocenters. The Morgan fingerprint density at radius 3 is 2.90 bits per heavy atom. The summed E-state index contributed by atoms with van der Waals surface area (Å²) in [4.78, 5) is 10.8. The molecular formula is C7H13NO2. The lowest BCUT2D eigenvalue weighted by Crippen LogP contribution is -2.22. The molecule has 58 valence electrons. The second-order valence-electron chi connectivity index (χ2n) is 2.06. The normalized spacial score (nSPS) is 12.2. The summed E-state index contributed by atoms with van der Waals surface area (Å²) in [7, 11) is 0. The summed E-state index contributed by atoms with van der Waals surface area (Å²) in [5.41, 5.74) is 5.22. The molecular weight excluding hydrogens is 130 g/mol. The van der Waals surface area contributed by atoms with Crippen LogP contribution in [0.5, 0.6) is 0 Å². The van der Waals surface area contributed by atoms with Crippen molar-refractivity contribution in [3.63, 3.8) is 0 Å². The van der Waals surface area contributed by atoms with E-state index in [0.29, 0.717) is 6.54 Å². The molecule has 0 aliphatic rings. The average Bonchev–Trinajstić information content (AvgIpc) is 1.98. The zero-order valence-corrected chi connectivity index (χ0v) is 6.17. The largest absolute Gasteiger partial charge is 0.461 e. The maximum absolute atomic E-state index is 10.8. The molecule has 0 aliphatic heterocycles. The Labute approximate surface area is 60.9 Å². The van der Waals surface area contributed by atoms with E-state index in [2.05, 4.69) is 6.58 Å². The van der Waals surface area contributed by atoms with Gasteiger partial charge in [0, 0.05) is 6.54 Å². The molecule has 10 heavy (non-hydrogen) atoms. The maximum Gasteiger partial charge on any atom is 0.310 e. The number of carbonyl (C=O) groups excluding carboxylic acids is 1. The maximum atomic E-state index is 10.8. The van der Waals surface area contributed by atoms with Gasteiger partial charge in [-0.2, -0.15) is 0 Å². The Hall–Kier alpha value is -0.830. The Morgan fingerprint density at radius 2 is 2.50 bits per heavy atom. The van der Waals surface area contributed by atoms with E-state index in [0.717, 1.165) is 0 Å². The number of ether oxygens (including phenoxy) is 1. The fourth-order valence-electron chi connectivity index (χ4n) is 0.380. The lowest BCUT2D eigenvalue weighted by Gasteiger charge is -2.05. The molecule has 0 bridgehead atoms. The topological polar surface area (TPSA) is 52.3 Å². The number of rotatable bonds is 4. The van der Waals surface area contributed by atoms with Crippen molar-refractivity contribution < 1.29 is 9.53 Å². The summed E-state index contributed by atoms with van der Waals surface area (Å²) >= 11 is 0. The van der Waals surface area contributed by atoms with E-state index in [1.807, 2.05) is 0 Å². The van der Waals surface area contributed by atoms with E-state index >= 15 is 0 Å². The number of carbonyl (C=O) groups is 1. The SMILES string of the molecule is C=CCOC(=O)[C@@H](C)CN. The van der Waals surface area contributed by atoms with E-state index in [4.69, 9.17) is 10.5 Å². The molecule has 0 spiro atoms. The summed E-state index contributed by atoms with van der Waals surface area (Å²) in [5.74, 6) is -0.470. The van der Waals surface area contributed by atoms with Crippen LogP contribution < -0.4 is 5.73 Å². The van der Waals surface area contributed by atoms with Crippen molar-refractivity contribution in [3.8, 4) is 0 Å². The van der Waals surface area contributed by atoms with Crippen LogP contribution in [0.3, 0.4) is 0 Å². The van der Waals surface area contributed by atoms with Crippen LogP contribution in [0.1, 0.15) is 6.92 Å². The molecule has 0 aromatic rings. The van der Waals surface area contributed by atoms with Gasteiger partial charge in [-0.3, -0.25) is 4.79 Å². The van der Waals surface area contributed by atoms with Crippen LogP contribution in [-0.4, -0.2) is 19.1 Å². The minimum absolute atomic E-state index is 0.208. The summed E-state index contributed by atoms with van der Waals surface area (Å²) in [6, 6.07) is 0. The minimum atomic E-state index is -0.262. The Bertz CT molecular complexity index is 123. The van der Waals surface area contributed by atoms with E-state index < -0.39 is 0 Å². The molecule has 0 aromatic carbocycles. The van der Waals surface area contributed by atoms with E-state index in [-0.39, 0.29) is 18.5 Å². The first-order chi connectivity index (χ1) is 4.72. The highest BCUT2D eigenvalue weighted by Crippen LogP contribution is 1.94. The van der Waals surface area contributed by atoms with Gasteiger partial charge in [0.15, 0.2) is 0 Å². The predicted octanol–water partition coefficient (Wildman–Crippen LogP) is 0.310.